The van der Waals surface area contributed by atoms with E-state index in [1.807, 2.05) is 0 Å². The van der Waals surface area contributed by atoms with Crippen molar-refractivity contribution in [2.75, 3.05) is 26.4 Å². The fourth-order valence-corrected chi connectivity index (χ4v) is 7.21. The van der Waals surface area contributed by atoms with Gasteiger partial charge in [-0.25, -0.2) is 0 Å². The van der Waals surface area contributed by atoms with Crippen LogP contribution in [0.5, 0.6) is 0 Å². The van der Waals surface area contributed by atoms with Crippen molar-refractivity contribution < 1.29 is 20.4 Å². The SMILES string of the molecule is CCCCCCCCCCCCCCC(CO)(CO)Cc1cccc(CC(CO)(CO)CCCCCCCCCCCCCC)c1. The molecule has 0 aliphatic carbocycles. The van der Waals surface area contributed by atoms with Crippen molar-refractivity contribution in [3.05, 3.63) is 35.4 Å². The first-order valence-corrected chi connectivity index (χ1v) is 20.0. The van der Waals surface area contributed by atoms with E-state index >= 15 is 0 Å². The summed E-state index contributed by atoms with van der Waals surface area (Å²) in [4.78, 5) is 0. The highest BCUT2D eigenvalue weighted by Gasteiger charge is 2.31. The molecule has 0 radical (unpaired) electrons. The maximum atomic E-state index is 10.4. The van der Waals surface area contributed by atoms with Crippen molar-refractivity contribution >= 4 is 0 Å². The van der Waals surface area contributed by atoms with Crippen molar-refractivity contribution in [1.29, 1.82) is 0 Å². The van der Waals surface area contributed by atoms with Crippen LogP contribution in [-0.2, 0) is 12.8 Å². The maximum Gasteiger partial charge on any atom is 0.0512 e. The van der Waals surface area contributed by atoms with Gasteiger partial charge in [-0.15, -0.1) is 0 Å². The summed E-state index contributed by atoms with van der Waals surface area (Å²) in [5, 5.41) is 41.4. The Balaban J connectivity index is 2.43. The second kappa shape index (κ2) is 29.0. The lowest BCUT2D eigenvalue weighted by molar-refractivity contribution is 0.0438. The van der Waals surface area contributed by atoms with Gasteiger partial charge in [0.25, 0.3) is 0 Å². The Morgan fingerprint density at radius 3 is 0.913 bits per heavy atom. The molecular formula is C42H78O4. The average Bonchev–Trinajstić information content (AvgIpc) is 3.08. The van der Waals surface area contributed by atoms with E-state index in [1.165, 1.54) is 128 Å². The van der Waals surface area contributed by atoms with E-state index in [9.17, 15) is 20.4 Å². The third kappa shape index (κ3) is 20.4. The Kier molecular flexibility index (Phi) is 27.2. The Morgan fingerprint density at radius 2 is 0.652 bits per heavy atom. The van der Waals surface area contributed by atoms with Crippen LogP contribution in [0.1, 0.15) is 192 Å². The summed E-state index contributed by atoms with van der Waals surface area (Å²) in [6.45, 7) is 4.49. The Hall–Kier alpha value is -0.940. The predicted octanol–water partition coefficient (Wildman–Crippen LogP) is 10.9. The highest BCUT2D eigenvalue weighted by Crippen LogP contribution is 2.33. The summed E-state index contributed by atoms with van der Waals surface area (Å²) in [5.74, 6) is 0. The molecule has 0 fully saturated rings. The van der Waals surface area contributed by atoms with Crippen LogP contribution in [0.15, 0.2) is 24.3 Å². The molecule has 1 aromatic rings. The van der Waals surface area contributed by atoms with Crippen LogP contribution < -0.4 is 0 Å². The van der Waals surface area contributed by atoms with Gasteiger partial charge >= 0.3 is 0 Å². The molecule has 0 bridgehead atoms. The number of hydrogen-bond acceptors (Lipinski definition) is 4. The standard InChI is InChI=1S/C42H78O4/c1-3-5-7-9-11-13-15-17-19-21-23-25-30-41(35-43,36-44)33-39-28-27-29-40(32-39)34-42(37-45,38-46)31-26-24-22-20-18-16-14-12-10-8-6-4-2/h27-29,32,43-46H,3-26,30-31,33-38H2,1-2H3. The van der Waals surface area contributed by atoms with E-state index in [1.54, 1.807) is 0 Å². The topological polar surface area (TPSA) is 80.9 Å². The molecule has 0 aliphatic rings. The van der Waals surface area contributed by atoms with E-state index < -0.39 is 10.8 Å². The lowest BCUT2D eigenvalue weighted by Crippen LogP contribution is -2.33. The number of hydrogen-bond donors (Lipinski definition) is 4. The second-order valence-electron chi connectivity index (χ2n) is 15.1. The molecule has 270 valence electrons. The third-order valence-electron chi connectivity index (χ3n) is 10.6. The van der Waals surface area contributed by atoms with E-state index in [0.717, 1.165) is 49.7 Å². The first-order chi connectivity index (χ1) is 22.5. The van der Waals surface area contributed by atoms with Gasteiger partial charge in [-0.05, 0) is 36.8 Å². The second-order valence-corrected chi connectivity index (χ2v) is 15.1. The number of rotatable bonds is 34. The highest BCUT2D eigenvalue weighted by atomic mass is 16.3. The van der Waals surface area contributed by atoms with Gasteiger partial charge in [0.2, 0.25) is 0 Å². The van der Waals surface area contributed by atoms with Crippen molar-refractivity contribution in [1.82, 2.24) is 0 Å². The van der Waals surface area contributed by atoms with Crippen LogP contribution in [0, 0.1) is 10.8 Å². The van der Waals surface area contributed by atoms with E-state index in [-0.39, 0.29) is 26.4 Å². The largest absolute Gasteiger partial charge is 0.396 e. The molecule has 4 N–H and O–H groups in total. The van der Waals surface area contributed by atoms with Gasteiger partial charge in [0.1, 0.15) is 0 Å². The smallest absolute Gasteiger partial charge is 0.0512 e. The van der Waals surface area contributed by atoms with Gasteiger partial charge in [-0.3, -0.25) is 0 Å². The minimum absolute atomic E-state index is 0.0120. The number of unbranched alkanes of at least 4 members (excludes halogenated alkanes) is 22. The van der Waals surface area contributed by atoms with Crippen LogP contribution in [0.2, 0.25) is 0 Å². The molecule has 0 saturated carbocycles. The zero-order valence-corrected chi connectivity index (χ0v) is 30.7. The quantitative estimate of drug-likeness (QED) is 0.0562. The average molecular weight is 647 g/mol. The molecule has 0 spiro atoms. The van der Waals surface area contributed by atoms with E-state index in [0.29, 0.717) is 12.8 Å². The minimum Gasteiger partial charge on any atom is -0.396 e. The van der Waals surface area contributed by atoms with E-state index in [4.69, 9.17) is 0 Å². The first-order valence-electron chi connectivity index (χ1n) is 20.0. The number of benzene rings is 1. The van der Waals surface area contributed by atoms with Crippen LogP contribution in [0.3, 0.4) is 0 Å². The fraction of sp³-hybridized carbons (Fsp3) is 0.857. The molecule has 1 rings (SSSR count). The van der Waals surface area contributed by atoms with Crippen LogP contribution >= 0.6 is 0 Å². The summed E-state index contributed by atoms with van der Waals surface area (Å²) in [7, 11) is 0. The maximum absolute atomic E-state index is 10.4. The van der Waals surface area contributed by atoms with Gasteiger partial charge in [-0.2, -0.15) is 0 Å². The Labute approximate surface area is 286 Å². The molecule has 0 amide bonds. The number of aliphatic hydroxyl groups is 4. The lowest BCUT2D eigenvalue weighted by Gasteiger charge is -2.32. The molecule has 1 aromatic carbocycles. The normalized spacial score (nSPS) is 12.3. The van der Waals surface area contributed by atoms with Crippen molar-refractivity contribution in [3.8, 4) is 0 Å². The summed E-state index contributed by atoms with van der Waals surface area (Å²) in [6.07, 6.45) is 34.2. The highest BCUT2D eigenvalue weighted by molar-refractivity contribution is 5.26. The van der Waals surface area contributed by atoms with Gasteiger partial charge in [0, 0.05) is 10.8 Å². The fourth-order valence-electron chi connectivity index (χ4n) is 7.21. The minimum atomic E-state index is -0.503. The molecule has 46 heavy (non-hydrogen) atoms. The molecule has 0 aliphatic heterocycles. The summed E-state index contributed by atoms with van der Waals surface area (Å²) >= 11 is 0. The van der Waals surface area contributed by atoms with Crippen molar-refractivity contribution in [3.63, 3.8) is 0 Å². The Morgan fingerprint density at radius 1 is 0.391 bits per heavy atom. The van der Waals surface area contributed by atoms with Gasteiger partial charge in [0.15, 0.2) is 0 Å². The molecular weight excluding hydrogens is 568 g/mol. The third-order valence-corrected chi connectivity index (χ3v) is 10.6. The molecule has 0 saturated heterocycles. The molecule has 0 heterocycles. The van der Waals surface area contributed by atoms with Crippen LogP contribution in [-0.4, -0.2) is 46.9 Å². The molecule has 4 heteroatoms. The molecule has 4 nitrogen and oxygen atoms in total. The molecule has 0 unspecified atom stereocenters. The number of aliphatic hydroxyl groups excluding tert-OH is 4. The monoisotopic (exact) mass is 647 g/mol. The van der Waals surface area contributed by atoms with E-state index in [2.05, 4.69) is 38.1 Å². The van der Waals surface area contributed by atoms with Gasteiger partial charge in [0.05, 0.1) is 26.4 Å². The zero-order valence-electron chi connectivity index (χ0n) is 30.7. The van der Waals surface area contributed by atoms with Crippen molar-refractivity contribution in [2.24, 2.45) is 10.8 Å². The molecule has 0 aromatic heterocycles. The first kappa shape index (κ1) is 43.1. The summed E-state index contributed by atoms with van der Waals surface area (Å²) in [6, 6.07) is 8.41. The summed E-state index contributed by atoms with van der Waals surface area (Å²) in [5.41, 5.74) is 1.23. The zero-order chi connectivity index (χ0) is 33.6. The Bertz CT molecular complexity index is 724. The molecule has 0 atom stereocenters. The van der Waals surface area contributed by atoms with Crippen LogP contribution in [0.25, 0.3) is 0 Å². The van der Waals surface area contributed by atoms with Crippen LogP contribution in [0.4, 0.5) is 0 Å². The van der Waals surface area contributed by atoms with Gasteiger partial charge < -0.3 is 20.4 Å². The van der Waals surface area contributed by atoms with Crippen molar-refractivity contribution in [2.45, 2.75) is 194 Å². The summed E-state index contributed by atoms with van der Waals surface area (Å²) < 4.78 is 0. The predicted molar refractivity (Wildman–Crippen MR) is 198 cm³/mol. The van der Waals surface area contributed by atoms with Gasteiger partial charge in [-0.1, -0.05) is 192 Å². The lowest BCUT2D eigenvalue weighted by atomic mass is 9.76.